The van der Waals surface area contributed by atoms with Gasteiger partial charge >= 0.3 is 0 Å². The summed E-state index contributed by atoms with van der Waals surface area (Å²) in [4.78, 5) is 19.4. The minimum atomic E-state index is -0.220. The largest absolute Gasteiger partial charge is 0.467 e. The SMILES string of the molecule is Cc1c(C(=O)N2CCO[C@H](c3ccco3)C2)cccc1-c1ccccn1. The van der Waals surface area contributed by atoms with E-state index in [1.54, 1.807) is 12.5 Å². The van der Waals surface area contributed by atoms with Crippen molar-refractivity contribution >= 4 is 5.91 Å². The van der Waals surface area contributed by atoms with Gasteiger partial charge in [0.05, 0.1) is 25.1 Å². The minimum absolute atomic E-state index is 0.0140. The zero-order valence-corrected chi connectivity index (χ0v) is 14.6. The first kappa shape index (κ1) is 16.5. The Labute approximate surface area is 152 Å². The lowest BCUT2D eigenvalue weighted by Gasteiger charge is -2.32. The summed E-state index contributed by atoms with van der Waals surface area (Å²) in [7, 11) is 0. The second-order valence-electron chi connectivity index (χ2n) is 6.32. The fourth-order valence-electron chi connectivity index (χ4n) is 3.32. The van der Waals surface area contributed by atoms with Crippen molar-refractivity contribution in [2.24, 2.45) is 0 Å². The molecule has 0 aliphatic carbocycles. The molecule has 0 N–H and O–H groups in total. The van der Waals surface area contributed by atoms with Crippen molar-refractivity contribution in [2.45, 2.75) is 13.0 Å². The summed E-state index contributed by atoms with van der Waals surface area (Å²) in [5.74, 6) is 0.765. The molecular formula is C21H20N2O3. The smallest absolute Gasteiger partial charge is 0.254 e. The van der Waals surface area contributed by atoms with Gasteiger partial charge in [0.15, 0.2) is 0 Å². The normalized spacial score (nSPS) is 17.3. The Bertz CT molecular complexity index is 891. The van der Waals surface area contributed by atoms with Crippen molar-refractivity contribution in [3.05, 3.63) is 77.9 Å². The predicted molar refractivity (Wildman–Crippen MR) is 97.7 cm³/mol. The second-order valence-corrected chi connectivity index (χ2v) is 6.32. The molecule has 0 spiro atoms. The highest BCUT2D eigenvalue weighted by Crippen LogP contribution is 2.27. The first-order valence-electron chi connectivity index (χ1n) is 8.69. The van der Waals surface area contributed by atoms with Crippen LogP contribution in [0.5, 0.6) is 0 Å². The molecular weight excluding hydrogens is 328 g/mol. The molecule has 132 valence electrons. The van der Waals surface area contributed by atoms with Gasteiger partial charge in [-0.05, 0) is 42.8 Å². The summed E-state index contributed by atoms with van der Waals surface area (Å²) in [6.07, 6.45) is 3.17. The Balaban J connectivity index is 1.60. The number of carbonyl (C=O) groups is 1. The third-order valence-electron chi connectivity index (χ3n) is 4.72. The molecule has 1 aliphatic heterocycles. The molecule has 4 rings (SSSR count). The van der Waals surface area contributed by atoms with Gasteiger partial charge in [-0.1, -0.05) is 18.2 Å². The monoisotopic (exact) mass is 348 g/mol. The summed E-state index contributed by atoms with van der Waals surface area (Å²) in [5.41, 5.74) is 3.49. The number of aromatic nitrogens is 1. The molecule has 0 unspecified atom stereocenters. The number of furan rings is 1. The molecule has 26 heavy (non-hydrogen) atoms. The van der Waals surface area contributed by atoms with E-state index in [1.807, 2.05) is 60.4 Å². The van der Waals surface area contributed by atoms with Crippen LogP contribution in [-0.2, 0) is 4.74 Å². The second kappa shape index (κ2) is 7.14. The van der Waals surface area contributed by atoms with E-state index >= 15 is 0 Å². The Morgan fingerprint density at radius 3 is 2.85 bits per heavy atom. The van der Waals surface area contributed by atoms with E-state index in [1.165, 1.54) is 0 Å². The van der Waals surface area contributed by atoms with E-state index in [9.17, 15) is 4.79 Å². The fraction of sp³-hybridized carbons (Fsp3) is 0.238. The highest BCUT2D eigenvalue weighted by atomic mass is 16.5. The third-order valence-corrected chi connectivity index (χ3v) is 4.72. The average molecular weight is 348 g/mol. The van der Waals surface area contributed by atoms with Crippen LogP contribution in [0.4, 0.5) is 0 Å². The van der Waals surface area contributed by atoms with Crippen molar-refractivity contribution in [3.63, 3.8) is 0 Å². The standard InChI is InChI=1S/C21H20N2O3/c1-15-16(18-8-2-3-10-22-18)6-4-7-17(15)21(24)23-11-13-26-20(14-23)19-9-5-12-25-19/h2-10,12,20H,11,13-14H2,1H3/t20-/m0/s1. The Kier molecular flexibility index (Phi) is 4.54. The molecule has 1 amide bonds. The van der Waals surface area contributed by atoms with Crippen LogP contribution in [0.15, 0.2) is 65.4 Å². The van der Waals surface area contributed by atoms with E-state index in [4.69, 9.17) is 9.15 Å². The van der Waals surface area contributed by atoms with E-state index in [0.717, 1.165) is 22.6 Å². The number of amides is 1. The Morgan fingerprint density at radius 1 is 1.15 bits per heavy atom. The lowest BCUT2D eigenvalue weighted by atomic mass is 9.98. The summed E-state index contributed by atoms with van der Waals surface area (Å²) in [5, 5.41) is 0. The number of hydrogen-bond acceptors (Lipinski definition) is 4. The highest BCUT2D eigenvalue weighted by molar-refractivity contribution is 5.97. The molecule has 0 radical (unpaired) electrons. The fourth-order valence-corrected chi connectivity index (χ4v) is 3.32. The van der Waals surface area contributed by atoms with E-state index in [2.05, 4.69) is 4.98 Å². The van der Waals surface area contributed by atoms with Crippen molar-refractivity contribution in [3.8, 4) is 11.3 Å². The number of nitrogens with zero attached hydrogens (tertiary/aromatic N) is 2. The summed E-state index contributed by atoms with van der Waals surface area (Å²) in [6.45, 7) is 3.53. The van der Waals surface area contributed by atoms with Gasteiger partial charge in [0.1, 0.15) is 11.9 Å². The number of rotatable bonds is 3. The Hall–Kier alpha value is -2.92. The van der Waals surface area contributed by atoms with Gasteiger partial charge in [-0.25, -0.2) is 0 Å². The first-order chi connectivity index (χ1) is 12.7. The van der Waals surface area contributed by atoms with Crippen LogP contribution in [0.3, 0.4) is 0 Å². The van der Waals surface area contributed by atoms with Crippen molar-refractivity contribution in [2.75, 3.05) is 19.7 Å². The van der Waals surface area contributed by atoms with Gasteiger partial charge in [0.25, 0.3) is 5.91 Å². The maximum atomic E-state index is 13.1. The van der Waals surface area contributed by atoms with Gasteiger partial charge < -0.3 is 14.1 Å². The van der Waals surface area contributed by atoms with E-state index in [0.29, 0.717) is 25.3 Å². The third kappa shape index (κ3) is 3.13. The van der Waals surface area contributed by atoms with Crippen molar-refractivity contribution in [1.82, 2.24) is 9.88 Å². The molecule has 5 heteroatoms. The average Bonchev–Trinajstić information content (AvgIpc) is 3.23. The van der Waals surface area contributed by atoms with Gasteiger partial charge in [0, 0.05) is 23.9 Å². The minimum Gasteiger partial charge on any atom is -0.467 e. The van der Waals surface area contributed by atoms with Crippen molar-refractivity contribution in [1.29, 1.82) is 0 Å². The summed E-state index contributed by atoms with van der Waals surface area (Å²) < 4.78 is 11.2. The maximum absolute atomic E-state index is 13.1. The summed E-state index contributed by atoms with van der Waals surface area (Å²) >= 11 is 0. The predicted octanol–water partition coefficient (Wildman–Crippen LogP) is 3.86. The quantitative estimate of drug-likeness (QED) is 0.721. The summed E-state index contributed by atoms with van der Waals surface area (Å²) in [6, 6.07) is 15.3. The van der Waals surface area contributed by atoms with E-state index < -0.39 is 0 Å². The first-order valence-corrected chi connectivity index (χ1v) is 8.69. The van der Waals surface area contributed by atoms with Crippen molar-refractivity contribution < 1.29 is 13.9 Å². The maximum Gasteiger partial charge on any atom is 0.254 e. The molecule has 5 nitrogen and oxygen atoms in total. The number of carbonyl (C=O) groups excluding carboxylic acids is 1. The van der Waals surface area contributed by atoms with Crippen LogP contribution in [0.25, 0.3) is 11.3 Å². The number of benzene rings is 1. The molecule has 3 heterocycles. The lowest BCUT2D eigenvalue weighted by Crippen LogP contribution is -2.42. The lowest BCUT2D eigenvalue weighted by molar-refractivity contribution is -0.0321. The Morgan fingerprint density at radius 2 is 2.08 bits per heavy atom. The van der Waals surface area contributed by atoms with Gasteiger partial charge in [-0.2, -0.15) is 0 Å². The van der Waals surface area contributed by atoms with Crippen LogP contribution in [-0.4, -0.2) is 35.5 Å². The van der Waals surface area contributed by atoms with Crippen LogP contribution in [0, 0.1) is 6.92 Å². The number of hydrogen-bond donors (Lipinski definition) is 0. The van der Waals surface area contributed by atoms with Crippen LogP contribution in [0.1, 0.15) is 27.8 Å². The topological polar surface area (TPSA) is 55.6 Å². The molecule has 1 fully saturated rings. The van der Waals surface area contributed by atoms with Gasteiger partial charge in [-0.15, -0.1) is 0 Å². The molecule has 3 aromatic rings. The number of morpholine rings is 1. The van der Waals surface area contributed by atoms with Crippen LogP contribution in [0.2, 0.25) is 0 Å². The molecule has 1 aliphatic rings. The van der Waals surface area contributed by atoms with E-state index in [-0.39, 0.29) is 12.0 Å². The molecule has 0 saturated carbocycles. The van der Waals surface area contributed by atoms with Gasteiger partial charge in [-0.3, -0.25) is 9.78 Å². The molecule has 1 atom stereocenters. The highest BCUT2D eigenvalue weighted by Gasteiger charge is 2.28. The van der Waals surface area contributed by atoms with Crippen LogP contribution >= 0.6 is 0 Å². The zero-order chi connectivity index (χ0) is 17.9. The van der Waals surface area contributed by atoms with Crippen LogP contribution < -0.4 is 0 Å². The molecule has 2 aromatic heterocycles. The number of pyridine rings is 1. The number of ether oxygens (including phenoxy) is 1. The molecule has 1 aromatic carbocycles. The van der Waals surface area contributed by atoms with Gasteiger partial charge in [0.2, 0.25) is 0 Å². The molecule has 1 saturated heterocycles. The zero-order valence-electron chi connectivity index (χ0n) is 14.6. The molecule has 0 bridgehead atoms.